The maximum absolute atomic E-state index is 14.2. The van der Waals surface area contributed by atoms with Gasteiger partial charge in [0.1, 0.15) is 17.2 Å². The van der Waals surface area contributed by atoms with E-state index in [1.165, 1.54) is 6.07 Å². The Bertz CT molecular complexity index is 930. The number of halogens is 2. The molecule has 3 rings (SSSR count). The van der Waals surface area contributed by atoms with Crippen LogP contribution in [0, 0.1) is 12.7 Å². The van der Waals surface area contributed by atoms with Gasteiger partial charge in [0.25, 0.3) is 0 Å². The lowest BCUT2D eigenvalue weighted by molar-refractivity contribution is 0.0492. The molecule has 7 nitrogen and oxygen atoms in total. The molecule has 1 aliphatic carbocycles. The first kappa shape index (κ1) is 24.0. The first-order chi connectivity index (χ1) is 15.1. The van der Waals surface area contributed by atoms with E-state index in [-0.39, 0.29) is 23.2 Å². The topological polar surface area (TPSA) is 88.2 Å². The number of hydrogen-bond acceptors (Lipinski definition) is 6. The van der Waals surface area contributed by atoms with Gasteiger partial charge in [-0.1, -0.05) is 12.1 Å². The summed E-state index contributed by atoms with van der Waals surface area (Å²) in [5, 5.41) is 9.68. The van der Waals surface area contributed by atoms with E-state index in [0.29, 0.717) is 18.1 Å². The third kappa shape index (κ3) is 6.95. The predicted octanol–water partition coefficient (Wildman–Crippen LogP) is 5.44. The van der Waals surface area contributed by atoms with Gasteiger partial charge in [-0.2, -0.15) is 0 Å². The third-order valence-electron chi connectivity index (χ3n) is 5.25. The first-order valence-electron chi connectivity index (χ1n) is 10.9. The van der Waals surface area contributed by atoms with E-state index in [9.17, 15) is 9.18 Å². The van der Waals surface area contributed by atoms with Crippen LogP contribution in [-0.2, 0) is 11.3 Å². The molecule has 1 heterocycles. The van der Waals surface area contributed by atoms with Crippen molar-refractivity contribution in [1.82, 2.24) is 15.3 Å². The van der Waals surface area contributed by atoms with Crippen molar-refractivity contribution in [2.45, 2.75) is 77.6 Å². The molecule has 1 amide bonds. The number of alkyl carbamates (subject to hydrolysis) is 1. The SMILES string of the molecule is Cc1cccc(F)c1NCc1cnc(Cl)nc1NC1CCCC(NC(=O)OC(C)(C)C)C1. The highest BCUT2D eigenvalue weighted by molar-refractivity contribution is 6.28. The maximum Gasteiger partial charge on any atom is 0.407 e. The van der Waals surface area contributed by atoms with Crippen LogP contribution in [0.2, 0.25) is 5.28 Å². The van der Waals surface area contributed by atoms with Gasteiger partial charge in [-0.15, -0.1) is 0 Å². The Morgan fingerprint density at radius 3 is 2.75 bits per heavy atom. The number of amides is 1. The van der Waals surface area contributed by atoms with Crippen molar-refractivity contribution in [2.75, 3.05) is 10.6 Å². The van der Waals surface area contributed by atoms with E-state index in [0.717, 1.165) is 36.8 Å². The summed E-state index contributed by atoms with van der Waals surface area (Å²) in [6, 6.07) is 5.06. The molecule has 0 bridgehead atoms. The van der Waals surface area contributed by atoms with Crippen molar-refractivity contribution in [3.63, 3.8) is 0 Å². The molecule has 0 spiro atoms. The second kappa shape index (κ2) is 10.3. The highest BCUT2D eigenvalue weighted by Gasteiger charge is 2.26. The van der Waals surface area contributed by atoms with Crippen LogP contribution < -0.4 is 16.0 Å². The number of aromatic nitrogens is 2. The number of anilines is 2. The first-order valence-corrected chi connectivity index (χ1v) is 11.2. The van der Waals surface area contributed by atoms with Gasteiger partial charge < -0.3 is 20.7 Å². The highest BCUT2D eigenvalue weighted by atomic mass is 35.5. The molecular formula is C23H31ClFN5O2. The molecule has 1 aliphatic rings. The quantitative estimate of drug-likeness (QED) is 0.494. The van der Waals surface area contributed by atoms with E-state index >= 15 is 0 Å². The van der Waals surface area contributed by atoms with Crippen LogP contribution in [0.4, 0.5) is 20.7 Å². The van der Waals surface area contributed by atoms with Crippen LogP contribution in [-0.4, -0.2) is 33.7 Å². The summed E-state index contributed by atoms with van der Waals surface area (Å²) in [6.07, 6.45) is 4.76. The maximum atomic E-state index is 14.2. The number of ether oxygens (including phenoxy) is 1. The van der Waals surface area contributed by atoms with Gasteiger partial charge in [0.05, 0.1) is 5.69 Å². The smallest absolute Gasteiger partial charge is 0.407 e. The fraction of sp³-hybridized carbons (Fsp3) is 0.522. The van der Waals surface area contributed by atoms with Crippen molar-refractivity contribution >= 4 is 29.2 Å². The Morgan fingerprint density at radius 1 is 1.28 bits per heavy atom. The van der Waals surface area contributed by atoms with Crippen LogP contribution in [0.1, 0.15) is 57.6 Å². The number of hydrogen-bond donors (Lipinski definition) is 3. The van der Waals surface area contributed by atoms with Gasteiger partial charge in [-0.3, -0.25) is 0 Å². The van der Waals surface area contributed by atoms with Crippen molar-refractivity contribution in [3.05, 3.63) is 46.6 Å². The van der Waals surface area contributed by atoms with Crippen molar-refractivity contribution < 1.29 is 13.9 Å². The number of aryl methyl sites for hydroxylation is 1. The van der Waals surface area contributed by atoms with E-state index in [4.69, 9.17) is 16.3 Å². The molecule has 9 heteroatoms. The monoisotopic (exact) mass is 463 g/mol. The van der Waals surface area contributed by atoms with Crippen LogP contribution in [0.25, 0.3) is 0 Å². The average Bonchev–Trinajstić information content (AvgIpc) is 2.68. The second-order valence-corrected chi connectivity index (χ2v) is 9.49. The Kier molecular flexibility index (Phi) is 7.77. The molecule has 1 saturated carbocycles. The van der Waals surface area contributed by atoms with Crippen LogP contribution in [0.3, 0.4) is 0 Å². The Balaban J connectivity index is 1.65. The summed E-state index contributed by atoms with van der Waals surface area (Å²) in [7, 11) is 0. The Hall–Kier alpha value is -2.61. The summed E-state index contributed by atoms with van der Waals surface area (Å²) in [5.41, 5.74) is 1.51. The molecule has 2 atom stereocenters. The molecule has 1 fully saturated rings. The lowest BCUT2D eigenvalue weighted by atomic mass is 9.91. The summed E-state index contributed by atoms with van der Waals surface area (Å²) >= 11 is 6.04. The molecule has 32 heavy (non-hydrogen) atoms. The molecule has 3 N–H and O–H groups in total. The molecule has 1 aromatic carbocycles. The number of benzene rings is 1. The molecule has 174 valence electrons. The minimum atomic E-state index is -0.535. The van der Waals surface area contributed by atoms with E-state index < -0.39 is 11.7 Å². The lowest BCUT2D eigenvalue weighted by Crippen LogP contribution is -2.44. The fourth-order valence-electron chi connectivity index (χ4n) is 3.80. The Morgan fingerprint density at radius 2 is 2.03 bits per heavy atom. The number of nitrogens with one attached hydrogen (secondary N) is 3. The van der Waals surface area contributed by atoms with E-state index in [1.54, 1.807) is 12.3 Å². The number of rotatable bonds is 6. The van der Waals surface area contributed by atoms with Gasteiger partial charge >= 0.3 is 6.09 Å². The highest BCUT2D eigenvalue weighted by Crippen LogP contribution is 2.26. The number of para-hydroxylation sites is 1. The summed E-state index contributed by atoms with van der Waals surface area (Å²) in [5.74, 6) is 0.298. The Labute approximate surface area is 193 Å². The number of carbonyl (C=O) groups is 1. The summed E-state index contributed by atoms with van der Waals surface area (Å²) in [4.78, 5) is 20.6. The zero-order chi connectivity index (χ0) is 23.3. The zero-order valence-corrected chi connectivity index (χ0v) is 19.7. The minimum absolute atomic E-state index is 0.0102. The van der Waals surface area contributed by atoms with Crippen molar-refractivity contribution in [3.8, 4) is 0 Å². The normalized spacial score (nSPS) is 18.7. The molecular weight excluding hydrogens is 433 g/mol. The number of nitrogens with zero attached hydrogens (tertiary/aromatic N) is 2. The van der Waals surface area contributed by atoms with E-state index in [2.05, 4.69) is 25.9 Å². The summed E-state index contributed by atoms with van der Waals surface area (Å²) in [6.45, 7) is 7.72. The van der Waals surface area contributed by atoms with Crippen molar-refractivity contribution in [2.24, 2.45) is 0 Å². The third-order valence-corrected chi connectivity index (χ3v) is 5.43. The molecule has 2 aromatic rings. The van der Waals surface area contributed by atoms with E-state index in [1.807, 2.05) is 33.8 Å². The van der Waals surface area contributed by atoms with Gasteiger partial charge in [-0.05, 0) is 76.6 Å². The number of carbonyl (C=O) groups excluding carboxylic acids is 1. The van der Waals surface area contributed by atoms with Gasteiger partial charge in [0.2, 0.25) is 5.28 Å². The van der Waals surface area contributed by atoms with Gasteiger partial charge in [-0.25, -0.2) is 19.2 Å². The zero-order valence-electron chi connectivity index (χ0n) is 19.0. The second-order valence-electron chi connectivity index (χ2n) is 9.15. The predicted molar refractivity (Wildman–Crippen MR) is 125 cm³/mol. The molecule has 0 aliphatic heterocycles. The van der Waals surface area contributed by atoms with Crippen molar-refractivity contribution in [1.29, 1.82) is 0 Å². The van der Waals surface area contributed by atoms with Crippen LogP contribution in [0.5, 0.6) is 0 Å². The largest absolute Gasteiger partial charge is 0.444 e. The van der Waals surface area contributed by atoms with Crippen LogP contribution >= 0.6 is 11.6 Å². The molecule has 0 saturated heterocycles. The van der Waals surface area contributed by atoms with Gasteiger partial charge in [0.15, 0.2) is 0 Å². The minimum Gasteiger partial charge on any atom is -0.444 e. The standard InChI is InChI=1S/C23H31ClFN5O2/c1-14-7-5-10-18(25)19(14)26-12-15-13-27-21(24)30-20(15)28-16-8-6-9-17(11-16)29-22(31)32-23(2,3)4/h5,7,10,13,16-17,26H,6,8-9,11-12H2,1-4H3,(H,29,31)(H,27,28,30). The van der Waals surface area contributed by atoms with Gasteiger partial charge in [0, 0.05) is 30.4 Å². The lowest BCUT2D eigenvalue weighted by Gasteiger charge is -2.31. The van der Waals surface area contributed by atoms with Crippen LogP contribution in [0.15, 0.2) is 24.4 Å². The summed E-state index contributed by atoms with van der Waals surface area (Å²) < 4.78 is 19.5. The average molecular weight is 464 g/mol. The fourth-order valence-corrected chi connectivity index (χ4v) is 3.93. The molecule has 2 unspecified atom stereocenters. The molecule has 0 radical (unpaired) electrons. The molecule has 1 aromatic heterocycles.